The van der Waals surface area contributed by atoms with Crippen LogP contribution in [0.15, 0.2) is 84.9 Å². The Balaban J connectivity index is 1.71. The molecular weight excluding hydrogens is 394 g/mol. The number of nitrogens with one attached hydrogen (secondary N) is 1. The molecule has 150 valence electrons. The molecule has 0 unspecified atom stereocenters. The van der Waals surface area contributed by atoms with Crippen LogP contribution in [0.5, 0.6) is 0 Å². The highest BCUT2D eigenvalue weighted by atomic mass is 32.1. The van der Waals surface area contributed by atoms with Gasteiger partial charge in [-0.15, -0.1) is 0 Å². The molecule has 3 aromatic carbocycles. The van der Waals surface area contributed by atoms with E-state index >= 15 is 0 Å². The van der Waals surface area contributed by atoms with Crippen LogP contribution < -0.4 is 10.2 Å². The Hall–Kier alpha value is -3.51. The molecule has 1 atom stereocenters. The number of amides is 2. The summed E-state index contributed by atoms with van der Waals surface area (Å²) in [6.07, 6.45) is 0.119. The predicted octanol–water partition coefficient (Wildman–Crippen LogP) is 5.23. The van der Waals surface area contributed by atoms with E-state index in [9.17, 15) is 9.59 Å². The van der Waals surface area contributed by atoms with Crippen molar-refractivity contribution >= 4 is 44.2 Å². The summed E-state index contributed by atoms with van der Waals surface area (Å²) in [6.45, 7) is 1.46. The number of fused-ring (bicyclic) bond motifs is 1. The van der Waals surface area contributed by atoms with Crippen LogP contribution in [0.25, 0.3) is 10.2 Å². The Morgan fingerprint density at radius 2 is 1.57 bits per heavy atom. The number of hydrogen-bond donors (Lipinski definition) is 1. The van der Waals surface area contributed by atoms with Gasteiger partial charge in [-0.05, 0) is 29.8 Å². The molecule has 30 heavy (non-hydrogen) atoms. The number of hydrogen-bond acceptors (Lipinski definition) is 4. The van der Waals surface area contributed by atoms with Crippen LogP contribution in [0.1, 0.15) is 24.9 Å². The van der Waals surface area contributed by atoms with Crippen LogP contribution >= 0.6 is 11.3 Å². The first-order chi connectivity index (χ1) is 14.6. The summed E-state index contributed by atoms with van der Waals surface area (Å²) in [6, 6.07) is 26.4. The van der Waals surface area contributed by atoms with Crippen LogP contribution in [0.2, 0.25) is 0 Å². The highest BCUT2D eigenvalue weighted by molar-refractivity contribution is 7.22. The molecule has 0 spiro atoms. The molecular formula is C24H21N3O2S. The van der Waals surface area contributed by atoms with Crippen molar-refractivity contribution in [3.8, 4) is 0 Å². The molecule has 0 saturated heterocycles. The zero-order chi connectivity index (χ0) is 20.9. The number of rotatable bonds is 6. The molecule has 4 aromatic rings. The van der Waals surface area contributed by atoms with Crippen LogP contribution in [-0.2, 0) is 9.59 Å². The molecule has 2 amide bonds. The summed E-state index contributed by atoms with van der Waals surface area (Å²) >= 11 is 1.47. The van der Waals surface area contributed by atoms with E-state index < -0.39 is 6.04 Å². The van der Waals surface area contributed by atoms with Gasteiger partial charge in [0.05, 0.1) is 28.4 Å². The molecule has 0 aliphatic carbocycles. The number of carbonyl (C=O) groups excluding carboxylic acids is 2. The molecule has 0 aliphatic rings. The summed E-state index contributed by atoms with van der Waals surface area (Å²) in [7, 11) is 0. The molecule has 4 rings (SSSR count). The Kier molecular flexibility index (Phi) is 5.86. The van der Waals surface area contributed by atoms with Crippen molar-refractivity contribution < 1.29 is 9.59 Å². The maximum absolute atomic E-state index is 13.5. The van der Waals surface area contributed by atoms with Gasteiger partial charge in [0.1, 0.15) is 0 Å². The second-order valence-corrected chi connectivity index (χ2v) is 7.91. The van der Waals surface area contributed by atoms with Crippen molar-refractivity contribution in [1.29, 1.82) is 0 Å². The maximum Gasteiger partial charge on any atom is 0.235 e. The molecule has 0 saturated carbocycles. The third-order valence-corrected chi connectivity index (χ3v) is 5.72. The van der Waals surface area contributed by atoms with E-state index in [2.05, 4.69) is 10.3 Å². The SMILES string of the molecule is CC(=O)N[C@H](CC(=O)N(c1ccccc1)c1nc2ccccc2s1)c1ccccc1. The van der Waals surface area contributed by atoms with Gasteiger partial charge in [-0.1, -0.05) is 72.0 Å². The van der Waals surface area contributed by atoms with Gasteiger partial charge in [0, 0.05) is 6.92 Å². The van der Waals surface area contributed by atoms with Gasteiger partial charge in [0.2, 0.25) is 11.8 Å². The highest BCUT2D eigenvalue weighted by Crippen LogP contribution is 2.34. The van der Waals surface area contributed by atoms with Crippen molar-refractivity contribution in [2.75, 3.05) is 4.90 Å². The molecule has 1 N–H and O–H groups in total. The average Bonchev–Trinajstić information content (AvgIpc) is 3.18. The lowest BCUT2D eigenvalue weighted by molar-refractivity contribution is -0.121. The summed E-state index contributed by atoms with van der Waals surface area (Å²) in [5.74, 6) is -0.314. The fourth-order valence-corrected chi connectivity index (χ4v) is 4.35. The fourth-order valence-electron chi connectivity index (χ4n) is 3.34. The zero-order valence-electron chi connectivity index (χ0n) is 16.5. The largest absolute Gasteiger partial charge is 0.349 e. The number of carbonyl (C=O) groups is 2. The summed E-state index contributed by atoms with van der Waals surface area (Å²) in [5, 5.41) is 3.52. The number of benzene rings is 3. The van der Waals surface area contributed by atoms with Gasteiger partial charge in [0.15, 0.2) is 5.13 Å². The molecule has 1 heterocycles. The summed E-state index contributed by atoms with van der Waals surface area (Å²) in [4.78, 5) is 31.6. The number of thiazole rings is 1. The van der Waals surface area contributed by atoms with Gasteiger partial charge in [-0.25, -0.2) is 4.98 Å². The standard InChI is InChI=1S/C24H21N3O2S/c1-17(28)25-21(18-10-4-2-5-11-18)16-23(29)27(19-12-6-3-7-13-19)24-26-20-14-8-9-15-22(20)30-24/h2-15,21H,16H2,1H3,(H,25,28)/t21-/m1/s1. The molecule has 6 heteroatoms. The maximum atomic E-state index is 13.5. The minimum absolute atomic E-state index is 0.119. The second kappa shape index (κ2) is 8.88. The third kappa shape index (κ3) is 4.39. The van der Waals surface area contributed by atoms with Crippen LogP contribution in [0.4, 0.5) is 10.8 Å². The molecule has 1 aromatic heterocycles. The van der Waals surface area contributed by atoms with Gasteiger partial charge >= 0.3 is 0 Å². The van der Waals surface area contributed by atoms with Crippen molar-refractivity contribution in [1.82, 2.24) is 10.3 Å². The first-order valence-electron chi connectivity index (χ1n) is 9.67. The van der Waals surface area contributed by atoms with E-state index in [-0.39, 0.29) is 18.2 Å². The van der Waals surface area contributed by atoms with Crippen LogP contribution in [0.3, 0.4) is 0 Å². The first kappa shape index (κ1) is 19.8. The highest BCUT2D eigenvalue weighted by Gasteiger charge is 2.26. The van der Waals surface area contributed by atoms with E-state index in [1.54, 1.807) is 4.90 Å². The van der Waals surface area contributed by atoms with Crippen LogP contribution in [0, 0.1) is 0 Å². The minimum Gasteiger partial charge on any atom is -0.349 e. The van der Waals surface area contributed by atoms with Crippen molar-refractivity contribution in [3.05, 3.63) is 90.5 Å². The van der Waals surface area contributed by atoms with E-state index in [1.807, 2.05) is 84.9 Å². The summed E-state index contributed by atoms with van der Waals surface area (Å²) in [5.41, 5.74) is 2.49. The fraction of sp³-hybridized carbons (Fsp3) is 0.125. The quantitative estimate of drug-likeness (QED) is 0.469. The van der Waals surface area contributed by atoms with Crippen LogP contribution in [-0.4, -0.2) is 16.8 Å². The van der Waals surface area contributed by atoms with Gasteiger partial charge in [-0.3, -0.25) is 14.5 Å². The zero-order valence-corrected chi connectivity index (χ0v) is 17.3. The Morgan fingerprint density at radius 3 is 2.23 bits per heavy atom. The number of anilines is 2. The third-order valence-electron chi connectivity index (χ3n) is 4.70. The van der Waals surface area contributed by atoms with Crippen molar-refractivity contribution in [3.63, 3.8) is 0 Å². The number of aromatic nitrogens is 1. The first-order valence-corrected chi connectivity index (χ1v) is 10.5. The molecule has 0 bridgehead atoms. The smallest absolute Gasteiger partial charge is 0.235 e. The lowest BCUT2D eigenvalue weighted by Gasteiger charge is -2.24. The molecule has 5 nitrogen and oxygen atoms in total. The van der Waals surface area contributed by atoms with E-state index in [1.165, 1.54) is 18.3 Å². The Bertz CT molecular complexity index is 1130. The van der Waals surface area contributed by atoms with Crippen molar-refractivity contribution in [2.45, 2.75) is 19.4 Å². The second-order valence-electron chi connectivity index (χ2n) is 6.90. The Labute approximate surface area is 179 Å². The van der Waals surface area contributed by atoms with E-state index in [0.29, 0.717) is 5.13 Å². The lowest BCUT2D eigenvalue weighted by atomic mass is 10.0. The topological polar surface area (TPSA) is 62.3 Å². The van der Waals surface area contributed by atoms with E-state index in [4.69, 9.17) is 0 Å². The average molecular weight is 416 g/mol. The molecule has 0 aliphatic heterocycles. The normalized spacial score (nSPS) is 11.8. The summed E-state index contributed by atoms with van der Waals surface area (Å²) < 4.78 is 1.02. The Morgan fingerprint density at radius 1 is 0.933 bits per heavy atom. The lowest BCUT2D eigenvalue weighted by Crippen LogP contribution is -2.33. The van der Waals surface area contributed by atoms with Gasteiger partial charge < -0.3 is 5.32 Å². The predicted molar refractivity (Wildman–Crippen MR) is 121 cm³/mol. The van der Waals surface area contributed by atoms with Gasteiger partial charge in [-0.2, -0.15) is 0 Å². The number of para-hydroxylation sites is 2. The minimum atomic E-state index is -0.420. The monoisotopic (exact) mass is 415 g/mol. The number of nitrogens with zero attached hydrogens (tertiary/aromatic N) is 2. The van der Waals surface area contributed by atoms with Crippen molar-refractivity contribution in [2.24, 2.45) is 0 Å². The molecule has 0 radical (unpaired) electrons. The van der Waals surface area contributed by atoms with E-state index in [0.717, 1.165) is 21.5 Å². The molecule has 0 fully saturated rings. The van der Waals surface area contributed by atoms with Gasteiger partial charge in [0.25, 0.3) is 0 Å².